The lowest BCUT2D eigenvalue weighted by atomic mass is 10.2. The number of thiophene rings is 1. The molecule has 24 heavy (non-hydrogen) atoms. The Balaban J connectivity index is 2.06. The van der Waals surface area contributed by atoms with Crippen molar-refractivity contribution in [1.82, 2.24) is 4.57 Å². The van der Waals surface area contributed by atoms with Gasteiger partial charge in [-0.05, 0) is 26.3 Å². The first-order valence-corrected chi connectivity index (χ1v) is 9.40. The molecule has 2 rings (SSSR count). The molecule has 0 radical (unpaired) electrons. The standard InChI is InChI=1S/C16H20N2O4S2/c1-4-11-8-12(15(20)22-5-2)14(24-11)17-13(19)6-7-18-10(3)9-23-16(18)21/h8-9H,4-7H2,1-3H3,(H,17,19). The van der Waals surface area contributed by atoms with E-state index in [0.717, 1.165) is 28.3 Å². The number of nitrogens with zero attached hydrogens (tertiary/aromatic N) is 1. The molecule has 0 bridgehead atoms. The molecular weight excluding hydrogens is 348 g/mol. The molecule has 1 amide bonds. The van der Waals surface area contributed by atoms with Crippen LogP contribution in [0.2, 0.25) is 0 Å². The zero-order valence-electron chi connectivity index (χ0n) is 13.9. The van der Waals surface area contributed by atoms with Crippen molar-refractivity contribution < 1.29 is 14.3 Å². The second-order valence-corrected chi connectivity index (χ2v) is 7.08. The molecule has 6 nitrogen and oxygen atoms in total. The lowest BCUT2D eigenvalue weighted by Gasteiger charge is -2.07. The normalized spacial score (nSPS) is 10.6. The summed E-state index contributed by atoms with van der Waals surface area (Å²) in [7, 11) is 0. The van der Waals surface area contributed by atoms with Crippen molar-refractivity contribution in [3.8, 4) is 0 Å². The van der Waals surface area contributed by atoms with Crippen LogP contribution >= 0.6 is 22.7 Å². The van der Waals surface area contributed by atoms with Gasteiger partial charge < -0.3 is 14.6 Å². The van der Waals surface area contributed by atoms with Crippen LogP contribution in [-0.2, 0) is 22.5 Å². The fourth-order valence-electron chi connectivity index (χ4n) is 2.15. The number of hydrogen-bond acceptors (Lipinski definition) is 6. The van der Waals surface area contributed by atoms with Gasteiger partial charge in [0, 0.05) is 28.9 Å². The Morgan fingerprint density at radius 1 is 1.33 bits per heavy atom. The van der Waals surface area contributed by atoms with E-state index >= 15 is 0 Å². The number of carbonyl (C=O) groups excluding carboxylic acids is 2. The molecule has 2 aromatic heterocycles. The number of thiazole rings is 1. The number of hydrogen-bond donors (Lipinski definition) is 1. The first kappa shape index (κ1) is 18.4. The summed E-state index contributed by atoms with van der Waals surface area (Å²) in [6, 6.07) is 1.76. The van der Waals surface area contributed by atoms with Crippen LogP contribution in [0.25, 0.3) is 0 Å². The summed E-state index contributed by atoms with van der Waals surface area (Å²) in [4.78, 5) is 36.8. The SMILES string of the molecule is CCOC(=O)c1cc(CC)sc1NC(=O)CCn1c(C)csc1=O. The number of rotatable bonds is 7. The summed E-state index contributed by atoms with van der Waals surface area (Å²) in [6.07, 6.45) is 0.940. The van der Waals surface area contributed by atoms with E-state index in [-0.39, 0.29) is 23.8 Å². The molecule has 2 heterocycles. The van der Waals surface area contributed by atoms with E-state index in [1.54, 1.807) is 22.9 Å². The Kier molecular flexibility index (Phi) is 6.33. The van der Waals surface area contributed by atoms with Crippen molar-refractivity contribution in [1.29, 1.82) is 0 Å². The zero-order valence-corrected chi connectivity index (χ0v) is 15.5. The van der Waals surface area contributed by atoms with Crippen LogP contribution in [0.15, 0.2) is 16.2 Å². The molecule has 0 atom stereocenters. The van der Waals surface area contributed by atoms with E-state index in [0.29, 0.717) is 17.1 Å². The largest absolute Gasteiger partial charge is 0.462 e. The average Bonchev–Trinajstić information content (AvgIpc) is 3.09. The number of aromatic nitrogens is 1. The van der Waals surface area contributed by atoms with Crippen LogP contribution in [0.3, 0.4) is 0 Å². The maximum absolute atomic E-state index is 12.2. The molecule has 0 saturated carbocycles. The highest BCUT2D eigenvalue weighted by atomic mass is 32.1. The van der Waals surface area contributed by atoms with Gasteiger partial charge in [-0.25, -0.2) is 4.79 Å². The van der Waals surface area contributed by atoms with Crippen molar-refractivity contribution >= 4 is 39.6 Å². The maximum atomic E-state index is 12.2. The number of nitrogens with one attached hydrogen (secondary N) is 1. The number of aryl methyl sites for hydroxylation is 2. The lowest BCUT2D eigenvalue weighted by molar-refractivity contribution is -0.116. The minimum absolute atomic E-state index is 0.0723. The summed E-state index contributed by atoms with van der Waals surface area (Å²) in [5.74, 6) is -0.670. The Morgan fingerprint density at radius 3 is 2.67 bits per heavy atom. The molecule has 0 aliphatic rings. The van der Waals surface area contributed by atoms with Gasteiger partial charge in [0.15, 0.2) is 0 Å². The van der Waals surface area contributed by atoms with Gasteiger partial charge in [-0.15, -0.1) is 11.3 Å². The quantitative estimate of drug-likeness (QED) is 0.762. The van der Waals surface area contributed by atoms with Gasteiger partial charge in [0.2, 0.25) is 5.91 Å². The van der Waals surface area contributed by atoms with Gasteiger partial charge in [0.1, 0.15) is 5.00 Å². The molecule has 0 fully saturated rings. The summed E-state index contributed by atoms with van der Waals surface area (Å²) in [5, 5.41) is 5.05. The minimum atomic E-state index is -0.436. The molecule has 8 heteroatoms. The topological polar surface area (TPSA) is 77.4 Å². The monoisotopic (exact) mass is 368 g/mol. The van der Waals surface area contributed by atoms with E-state index in [1.807, 2.05) is 13.8 Å². The van der Waals surface area contributed by atoms with Gasteiger partial charge in [-0.3, -0.25) is 9.59 Å². The zero-order chi connectivity index (χ0) is 17.7. The first-order chi connectivity index (χ1) is 11.5. The van der Waals surface area contributed by atoms with Crippen LogP contribution in [0, 0.1) is 6.92 Å². The Hall–Kier alpha value is -1.93. The number of ether oxygens (including phenoxy) is 1. The fraction of sp³-hybridized carbons (Fsp3) is 0.438. The van der Waals surface area contributed by atoms with Gasteiger partial charge in [0.25, 0.3) is 0 Å². The van der Waals surface area contributed by atoms with E-state index < -0.39 is 5.97 Å². The van der Waals surface area contributed by atoms with E-state index in [9.17, 15) is 14.4 Å². The van der Waals surface area contributed by atoms with Gasteiger partial charge in [-0.2, -0.15) is 0 Å². The van der Waals surface area contributed by atoms with Crippen LogP contribution < -0.4 is 10.2 Å². The highest BCUT2D eigenvalue weighted by Crippen LogP contribution is 2.29. The molecule has 130 valence electrons. The summed E-state index contributed by atoms with van der Waals surface area (Å²) in [5.41, 5.74) is 1.23. The third-order valence-electron chi connectivity index (χ3n) is 3.42. The van der Waals surface area contributed by atoms with Crippen LogP contribution in [0.4, 0.5) is 5.00 Å². The predicted octanol–water partition coefficient (Wildman–Crippen LogP) is 3.05. The lowest BCUT2D eigenvalue weighted by Crippen LogP contribution is -2.20. The molecule has 0 spiro atoms. The number of anilines is 1. The molecule has 0 saturated heterocycles. The van der Waals surface area contributed by atoms with E-state index in [1.165, 1.54) is 11.3 Å². The van der Waals surface area contributed by atoms with Gasteiger partial charge in [0.05, 0.1) is 12.2 Å². The highest BCUT2D eigenvalue weighted by Gasteiger charge is 2.18. The highest BCUT2D eigenvalue weighted by molar-refractivity contribution is 7.16. The van der Waals surface area contributed by atoms with Gasteiger partial charge in [-0.1, -0.05) is 18.3 Å². The second-order valence-electron chi connectivity index (χ2n) is 5.12. The Morgan fingerprint density at radius 2 is 2.08 bits per heavy atom. The second kappa shape index (κ2) is 8.25. The summed E-state index contributed by atoms with van der Waals surface area (Å²) in [6.45, 7) is 6.16. The van der Waals surface area contributed by atoms with Crippen LogP contribution in [0.1, 0.15) is 41.2 Å². The first-order valence-electron chi connectivity index (χ1n) is 7.70. The third-order valence-corrected chi connectivity index (χ3v) is 5.49. The number of carbonyl (C=O) groups is 2. The summed E-state index contributed by atoms with van der Waals surface area (Å²) >= 11 is 2.49. The molecular formula is C16H20N2O4S2. The van der Waals surface area contributed by atoms with E-state index in [4.69, 9.17) is 4.74 Å². The average molecular weight is 368 g/mol. The number of esters is 1. The third kappa shape index (κ3) is 4.33. The van der Waals surface area contributed by atoms with Gasteiger partial charge >= 0.3 is 10.8 Å². The molecule has 2 aromatic rings. The van der Waals surface area contributed by atoms with Crippen LogP contribution in [0.5, 0.6) is 0 Å². The molecule has 0 aromatic carbocycles. The minimum Gasteiger partial charge on any atom is -0.462 e. The molecule has 1 N–H and O–H groups in total. The number of amides is 1. The van der Waals surface area contributed by atoms with Crippen molar-refractivity contribution in [2.45, 2.75) is 40.2 Å². The predicted molar refractivity (Wildman–Crippen MR) is 96.2 cm³/mol. The molecule has 0 aliphatic carbocycles. The Labute approximate surface area is 148 Å². The summed E-state index contributed by atoms with van der Waals surface area (Å²) < 4.78 is 6.60. The van der Waals surface area contributed by atoms with Crippen molar-refractivity contribution in [3.63, 3.8) is 0 Å². The fourth-order valence-corrected chi connectivity index (χ4v) is 3.91. The maximum Gasteiger partial charge on any atom is 0.341 e. The van der Waals surface area contributed by atoms with Crippen LogP contribution in [-0.4, -0.2) is 23.1 Å². The van der Waals surface area contributed by atoms with Crippen molar-refractivity contribution in [3.05, 3.63) is 37.2 Å². The Bertz CT molecular complexity index is 788. The molecule has 0 unspecified atom stereocenters. The smallest absolute Gasteiger partial charge is 0.341 e. The van der Waals surface area contributed by atoms with Crippen molar-refractivity contribution in [2.24, 2.45) is 0 Å². The molecule has 0 aliphatic heterocycles. The van der Waals surface area contributed by atoms with Crippen molar-refractivity contribution in [2.75, 3.05) is 11.9 Å². The van der Waals surface area contributed by atoms with E-state index in [2.05, 4.69) is 5.32 Å².